The van der Waals surface area contributed by atoms with Crippen molar-refractivity contribution in [2.75, 3.05) is 0 Å². The van der Waals surface area contributed by atoms with Gasteiger partial charge in [0.15, 0.2) is 0 Å². The molecule has 0 rings (SSSR count). The molecule has 1 amide bonds. The Bertz CT molecular complexity index is 380. The predicted molar refractivity (Wildman–Crippen MR) is 87.8 cm³/mol. The minimum atomic E-state index is 0.134. The second-order valence-corrected chi connectivity index (χ2v) is 4.88. The summed E-state index contributed by atoms with van der Waals surface area (Å²) in [6, 6.07) is 0.187. The average molecular weight is 278 g/mol. The maximum atomic E-state index is 12.2. The molecule has 3 nitrogen and oxygen atoms in total. The van der Waals surface area contributed by atoms with E-state index < -0.39 is 0 Å². The van der Waals surface area contributed by atoms with Crippen molar-refractivity contribution in [3.05, 3.63) is 23.5 Å². The molecular weight excluding hydrogens is 248 g/mol. The summed E-state index contributed by atoms with van der Waals surface area (Å²) < 4.78 is 0. The maximum Gasteiger partial charge on any atom is 0.228 e. The second-order valence-electron chi connectivity index (χ2n) is 4.88. The molecule has 0 N–H and O–H groups in total. The largest absolute Gasteiger partial charge is 0.294 e. The quantitative estimate of drug-likeness (QED) is 0.592. The first kappa shape index (κ1) is 18.6. The Labute approximate surface area is 124 Å². The Morgan fingerprint density at radius 1 is 1.15 bits per heavy atom. The van der Waals surface area contributed by atoms with Crippen molar-refractivity contribution in [1.29, 1.82) is 0 Å². The fourth-order valence-corrected chi connectivity index (χ4v) is 2.11. The topological polar surface area (TPSA) is 32.7 Å². The number of hydrogen-bond donors (Lipinski definition) is 0. The molecule has 0 aliphatic rings. The fraction of sp³-hybridized carbons (Fsp3) is 0.647. The predicted octanol–water partition coefficient (Wildman–Crippen LogP) is 4.70. The lowest BCUT2D eigenvalue weighted by Gasteiger charge is -2.29. The van der Waals surface area contributed by atoms with Crippen molar-refractivity contribution in [2.24, 2.45) is 4.99 Å². The Hall–Kier alpha value is -1.38. The molecule has 114 valence electrons. The Morgan fingerprint density at radius 3 is 2.20 bits per heavy atom. The van der Waals surface area contributed by atoms with Crippen LogP contribution in [0.2, 0.25) is 0 Å². The molecule has 3 heteroatoms. The average Bonchev–Trinajstić information content (AvgIpc) is 2.46. The summed E-state index contributed by atoms with van der Waals surface area (Å²) in [5.41, 5.74) is 1.18. The van der Waals surface area contributed by atoms with Gasteiger partial charge >= 0.3 is 0 Å². The first-order valence-corrected chi connectivity index (χ1v) is 7.73. The van der Waals surface area contributed by atoms with E-state index in [2.05, 4.69) is 31.8 Å². The highest BCUT2D eigenvalue weighted by atomic mass is 16.2. The molecule has 1 unspecified atom stereocenters. The summed E-state index contributed by atoms with van der Waals surface area (Å²) in [7, 11) is 0. The van der Waals surface area contributed by atoms with E-state index in [-0.39, 0.29) is 11.9 Å². The Balaban J connectivity index is 5.26. The third kappa shape index (κ3) is 5.72. The number of aliphatic imine (C=N–C) groups is 1. The molecule has 0 aromatic rings. The van der Waals surface area contributed by atoms with Crippen LogP contribution in [-0.2, 0) is 4.79 Å². The molecule has 0 saturated carbocycles. The minimum Gasteiger partial charge on any atom is -0.294 e. The molecule has 0 saturated heterocycles. The zero-order chi connectivity index (χ0) is 15.5. The van der Waals surface area contributed by atoms with E-state index in [4.69, 9.17) is 0 Å². The van der Waals surface area contributed by atoms with E-state index in [0.29, 0.717) is 6.42 Å². The van der Waals surface area contributed by atoms with Crippen molar-refractivity contribution < 1.29 is 4.79 Å². The van der Waals surface area contributed by atoms with Crippen molar-refractivity contribution in [3.8, 4) is 0 Å². The van der Waals surface area contributed by atoms with Crippen LogP contribution < -0.4 is 0 Å². The van der Waals surface area contributed by atoms with Gasteiger partial charge in [0.2, 0.25) is 5.91 Å². The van der Waals surface area contributed by atoms with E-state index in [1.54, 1.807) is 0 Å². The van der Waals surface area contributed by atoms with E-state index in [0.717, 1.165) is 25.1 Å². The summed E-state index contributed by atoms with van der Waals surface area (Å²) in [6.45, 7) is 12.2. The molecule has 20 heavy (non-hydrogen) atoms. The molecule has 0 fully saturated rings. The normalized spacial score (nSPS) is 14.7. The third-order valence-corrected chi connectivity index (χ3v) is 3.37. The highest BCUT2D eigenvalue weighted by Gasteiger charge is 2.21. The SMILES string of the molecule is C\C=C(/C=N\C(=C\C)N(C(=O)CC)C(C)CCC)CC. The smallest absolute Gasteiger partial charge is 0.228 e. The van der Waals surface area contributed by atoms with Crippen molar-refractivity contribution in [1.82, 2.24) is 4.90 Å². The second kappa shape index (κ2) is 10.4. The molecule has 1 atom stereocenters. The van der Waals surface area contributed by atoms with Gasteiger partial charge in [-0.15, -0.1) is 0 Å². The maximum absolute atomic E-state index is 12.2. The van der Waals surface area contributed by atoms with Gasteiger partial charge in [-0.3, -0.25) is 9.69 Å². The minimum absolute atomic E-state index is 0.134. The summed E-state index contributed by atoms with van der Waals surface area (Å²) >= 11 is 0. The highest BCUT2D eigenvalue weighted by Crippen LogP contribution is 2.17. The van der Waals surface area contributed by atoms with E-state index in [1.807, 2.05) is 38.0 Å². The monoisotopic (exact) mass is 278 g/mol. The molecule has 0 aliphatic heterocycles. The zero-order valence-electron chi connectivity index (χ0n) is 13.9. The Morgan fingerprint density at radius 2 is 1.80 bits per heavy atom. The molecule has 0 aromatic heterocycles. The van der Waals surface area contributed by atoms with Crippen LogP contribution in [0.25, 0.3) is 0 Å². The van der Waals surface area contributed by atoms with Crippen LogP contribution in [0.5, 0.6) is 0 Å². The van der Waals surface area contributed by atoms with Gasteiger partial charge in [0.1, 0.15) is 5.82 Å². The Kier molecular flexibility index (Phi) is 9.69. The van der Waals surface area contributed by atoms with Gasteiger partial charge in [0.05, 0.1) is 0 Å². The summed E-state index contributed by atoms with van der Waals surface area (Å²) in [5, 5.41) is 0. The van der Waals surface area contributed by atoms with Gasteiger partial charge in [0.25, 0.3) is 0 Å². The van der Waals surface area contributed by atoms with Gasteiger partial charge in [-0.1, -0.05) is 33.3 Å². The van der Waals surface area contributed by atoms with Gasteiger partial charge in [0, 0.05) is 18.7 Å². The third-order valence-electron chi connectivity index (χ3n) is 3.37. The highest BCUT2D eigenvalue weighted by molar-refractivity contribution is 5.81. The molecule has 0 aliphatic carbocycles. The van der Waals surface area contributed by atoms with Crippen LogP contribution in [0, 0.1) is 0 Å². The van der Waals surface area contributed by atoms with Crippen LogP contribution in [-0.4, -0.2) is 23.1 Å². The van der Waals surface area contributed by atoms with Crippen LogP contribution >= 0.6 is 0 Å². The summed E-state index contributed by atoms with van der Waals surface area (Å²) in [6.07, 6.45) is 9.34. The summed E-state index contributed by atoms with van der Waals surface area (Å²) in [5.74, 6) is 0.889. The van der Waals surface area contributed by atoms with Crippen LogP contribution in [0.1, 0.15) is 67.2 Å². The lowest BCUT2D eigenvalue weighted by atomic mass is 10.1. The van der Waals surface area contributed by atoms with E-state index >= 15 is 0 Å². The molecular formula is C17H30N2O. The van der Waals surface area contributed by atoms with Gasteiger partial charge in [-0.05, 0) is 45.3 Å². The van der Waals surface area contributed by atoms with Crippen molar-refractivity contribution in [3.63, 3.8) is 0 Å². The summed E-state index contributed by atoms with van der Waals surface area (Å²) in [4.78, 5) is 18.6. The van der Waals surface area contributed by atoms with Gasteiger partial charge in [-0.25, -0.2) is 4.99 Å². The number of carbonyl (C=O) groups is 1. The van der Waals surface area contributed by atoms with Crippen LogP contribution in [0.4, 0.5) is 0 Å². The van der Waals surface area contributed by atoms with Crippen molar-refractivity contribution >= 4 is 12.1 Å². The van der Waals surface area contributed by atoms with E-state index in [9.17, 15) is 4.79 Å². The van der Waals surface area contributed by atoms with Crippen LogP contribution in [0.3, 0.4) is 0 Å². The van der Waals surface area contributed by atoms with Gasteiger partial charge in [-0.2, -0.15) is 0 Å². The zero-order valence-corrected chi connectivity index (χ0v) is 13.9. The number of hydrogen-bond acceptors (Lipinski definition) is 2. The molecule has 0 radical (unpaired) electrons. The van der Waals surface area contributed by atoms with Crippen molar-refractivity contribution in [2.45, 2.75) is 73.3 Å². The number of carbonyl (C=O) groups excluding carboxylic acids is 1. The molecule has 0 aromatic carbocycles. The van der Waals surface area contributed by atoms with E-state index in [1.165, 1.54) is 5.57 Å². The number of nitrogens with zero attached hydrogens (tertiary/aromatic N) is 2. The van der Waals surface area contributed by atoms with Crippen LogP contribution in [0.15, 0.2) is 28.5 Å². The number of amides is 1. The standard InChI is InChI=1S/C17H30N2O/c1-7-12-14(6)19(17(20)11-5)16(10-4)18-13-15(8-2)9-3/h8,10,13-14H,7,9,11-12H2,1-6H3/b15-8-,16-10-,18-13-. The molecule has 0 bridgehead atoms. The molecule has 0 heterocycles. The van der Waals surface area contributed by atoms with Gasteiger partial charge < -0.3 is 0 Å². The lowest BCUT2D eigenvalue weighted by molar-refractivity contribution is -0.130. The number of rotatable bonds is 8. The number of allylic oxidation sites excluding steroid dienone is 3. The lowest BCUT2D eigenvalue weighted by Crippen LogP contribution is -2.37. The first-order chi connectivity index (χ1) is 9.55. The first-order valence-electron chi connectivity index (χ1n) is 7.73. The fourth-order valence-electron chi connectivity index (χ4n) is 2.11. The molecule has 0 spiro atoms.